The van der Waals surface area contributed by atoms with E-state index in [1.54, 1.807) is 36.3 Å². The summed E-state index contributed by atoms with van der Waals surface area (Å²) in [5, 5.41) is 5.68. The van der Waals surface area contributed by atoms with Crippen molar-refractivity contribution >= 4 is 29.1 Å². The Bertz CT molecular complexity index is 1210. The average molecular weight is 504 g/mol. The van der Waals surface area contributed by atoms with Crippen LogP contribution >= 0.6 is 23.2 Å². The maximum Gasteiger partial charge on any atom is 0.256 e. The van der Waals surface area contributed by atoms with Gasteiger partial charge in [0.1, 0.15) is 18.1 Å². The zero-order valence-corrected chi connectivity index (χ0v) is 21.1. The van der Waals surface area contributed by atoms with E-state index in [-0.39, 0.29) is 11.9 Å². The number of benzene rings is 2. The first-order chi connectivity index (χ1) is 16.3. The highest BCUT2D eigenvalue weighted by Gasteiger charge is 2.34. The molecule has 2 aromatic carbocycles. The number of fused-ring (bicyclic) bond motifs is 1. The Morgan fingerprint density at radius 1 is 1.18 bits per heavy atom. The van der Waals surface area contributed by atoms with E-state index >= 15 is 0 Å². The van der Waals surface area contributed by atoms with Gasteiger partial charge in [-0.25, -0.2) is 0 Å². The van der Waals surface area contributed by atoms with Crippen LogP contribution < -0.4 is 9.47 Å². The van der Waals surface area contributed by atoms with E-state index in [1.807, 2.05) is 30.8 Å². The molecule has 1 aromatic heterocycles. The third-order valence-electron chi connectivity index (χ3n) is 6.02. The van der Waals surface area contributed by atoms with Crippen molar-refractivity contribution in [3.8, 4) is 22.8 Å². The number of hydrogen-bond donors (Lipinski definition) is 0. The molecule has 2 heterocycles. The Morgan fingerprint density at radius 2 is 1.97 bits per heavy atom. The average Bonchev–Trinajstić information content (AvgIpc) is 3.16. The van der Waals surface area contributed by atoms with E-state index in [2.05, 4.69) is 0 Å². The SMILES string of the molecule is COCCOc1cc(Cl)cc(-c2c3c(nn2C)[C@H](C)N(C(=O)c2cccc(OC)c2Cl)CC3)c1. The minimum atomic E-state index is -0.227. The van der Waals surface area contributed by atoms with E-state index in [4.69, 9.17) is 42.5 Å². The molecule has 0 bridgehead atoms. The number of halogens is 2. The standard InChI is InChI=1S/C25H27Cl2N3O4/c1-15-23-20(8-9-30(15)25(31)19-6-5-7-21(33-4)22(19)27)24(29(2)28-23)16-12-17(26)14-18(13-16)34-11-10-32-3/h5-7,12-15H,8-11H2,1-4H3/t15-/m0/s1. The quantitative estimate of drug-likeness (QED) is 0.415. The zero-order valence-electron chi connectivity index (χ0n) is 19.6. The predicted octanol–water partition coefficient (Wildman–Crippen LogP) is 5.19. The van der Waals surface area contributed by atoms with Crippen LogP contribution in [-0.2, 0) is 18.2 Å². The number of aryl methyl sites for hydroxylation is 1. The van der Waals surface area contributed by atoms with Crippen LogP contribution in [0.5, 0.6) is 11.5 Å². The molecule has 0 radical (unpaired) electrons. The fourth-order valence-corrected chi connectivity index (χ4v) is 4.91. The first-order valence-electron chi connectivity index (χ1n) is 11.0. The minimum Gasteiger partial charge on any atom is -0.495 e. The van der Waals surface area contributed by atoms with E-state index in [0.29, 0.717) is 53.3 Å². The Labute approximate surface area is 209 Å². The van der Waals surface area contributed by atoms with Crippen LogP contribution in [0.4, 0.5) is 0 Å². The molecule has 34 heavy (non-hydrogen) atoms. The lowest BCUT2D eigenvalue weighted by Crippen LogP contribution is -2.39. The number of aromatic nitrogens is 2. The number of carbonyl (C=O) groups is 1. The molecular formula is C25H27Cl2N3O4. The van der Waals surface area contributed by atoms with Gasteiger partial charge in [-0.2, -0.15) is 5.10 Å². The summed E-state index contributed by atoms with van der Waals surface area (Å²) in [4.78, 5) is 15.2. The van der Waals surface area contributed by atoms with Crippen molar-refractivity contribution in [1.29, 1.82) is 0 Å². The number of rotatable bonds is 7. The molecule has 3 aromatic rings. The maximum atomic E-state index is 13.4. The molecule has 1 amide bonds. The topological polar surface area (TPSA) is 65.8 Å². The molecule has 0 N–H and O–H groups in total. The van der Waals surface area contributed by atoms with Crippen LogP contribution in [0, 0.1) is 0 Å². The Morgan fingerprint density at radius 3 is 2.71 bits per heavy atom. The third kappa shape index (κ3) is 4.60. The van der Waals surface area contributed by atoms with Gasteiger partial charge >= 0.3 is 0 Å². The van der Waals surface area contributed by atoms with Crippen molar-refractivity contribution in [2.75, 3.05) is 34.0 Å². The molecule has 9 heteroatoms. The first-order valence-corrected chi connectivity index (χ1v) is 11.7. The van der Waals surface area contributed by atoms with Gasteiger partial charge in [0.2, 0.25) is 0 Å². The number of nitrogens with zero attached hydrogens (tertiary/aromatic N) is 3. The van der Waals surface area contributed by atoms with Gasteiger partial charge in [-0.1, -0.05) is 29.3 Å². The summed E-state index contributed by atoms with van der Waals surface area (Å²) in [6, 6.07) is 10.6. The van der Waals surface area contributed by atoms with Gasteiger partial charge in [-0.05, 0) is 43.7 Å². The molecule has 0 aliphatic carbocycles. The van der Waals surface area contributed by atoms with Gasteiger partial charge in [-0.3, -0.25) is 9.48 Å². The molecule has 4 rings (SSSR count). The number of hydrogen-bond acceptors (Lipinski definition) is 5. The van der Waals surface area contributed by atoms with Crippen molar-refractivity contribution in [1.82, 2.24) is 14.7 Å². The second-order valence-corrected chi connectivity index (χ2v) is 8.91. The van der Waals surface area contributed by atoms with Crippen molar-refractivity contribution in [3.05, 3.63) is 63.3 Å². The smallest absolute Gasteiger partial charge is 0.256 e. The van der Waals surface area contributed by atoms with Crippen LogP contribution in [0.15, 0.2) is 36.4 Å². The molecule has 0 saturated carbocycles. The van der Waals surface area contributed by atoms with E-state index < -0.39 is 0 Å². The largest absolute Gasteiger partial charge is 0.495 e. The lowest BCUT2D eigenvalue weighted by Gasteiger charge is -2.33. The van der Waals surface area contributed by atoms with E-state index in [0.717, 1.165) is 22.5 Å². The summed E-state index contributed by atoms with van der Waals surface area (Å²) >= 11 is 12.8. The molecule has 1 aliphatic heterocycles. The van der Waals surface area contributed by atoms with Gasteiger partial charge in [0.25, 0.3) is 5.91 Å². The van der Waals surface area contributed by atoms with Crippen LogP contribution in [0.25, 0.3) is 11.3 Å². The normalized spacial score (nSPS) is 15.2. The van der Waals surface area contributed by atoms with E-state index in [1.165, 1.54) is 7.11 Å². The lowest BCUT2D eigenvalue weighted by molar-refractivity contribution is 0.0673. The number of carbonyl (C=O) groups excluding carboxylic acids is 1. The predicted molar refractivity (Wildman–Crippen MR) is 132 cm³/mol. The van der Waals surface area contributed by atoms with Crippen molar-refractivity contribution < 1.29 is 19.0 Å². The van der Waals surface area contributed by atoms with E-state index in [9.17, 15) is 4.79 Å². The Kier molecular flexibility index (Phi) is 7.36. The zero-order chi connectivity index (χ0) is 24.4. The molecule has 1 aliphatic rings. The van der Waals surface area contributed by atoms with Gasteiger partial charge < -0.3 is 19.1 Å². The summed E-state index contributed by atoms with van der Waals surface area (Å²) in [7, 11) is 5.06. The molecule has 7 nitrogen and oxygen atoms in total. The van der Waals surface area contributed by atoms with Gasteiger partial charge in [0.15, 0.2) is 0 Å². The van der Waals surface area contributed by atoms with Crippen molar-refractivity contribution in [3.63, 3.8) is 0 Å². The number of ether oxygens (including phenoxy) is 3. The highest BCUT2D eigenvalue weighted by molar-refractivity contribution is 6.35. The highest BCUT2D eigenvalue weighted by atomic mass is 35.5. The van der Waals surface area contributed by atoms with Gasteiger partial charge in [-0.15, -0.1) is 0 Å². The van der Waals surface area contributed by atoms with Crippen LogP contribution in [-0.4, -0.2) is 54.6 Å². The fraction of sp³-hybridized carbons (Fsp3) is 0.360. The number of methoxy groups -OCH3 is 2. The molecule has 180 valence electrons. The molecule has 0 saturated heterocycles. The molecular weight excluding hydrogens is 477 g/mol. The fourth-order valence-electron chi connectivity index (χ4n) is 4.40. The maximum absolute atomic E-state index is 13.4. The summed E-state index contributed by atoms with van der Waals surface area (Å²) in [5.74, 6) is 0.996. The molecule has 1 atom stereocenters. The van der Waals surface area contributed by atoms with Gasteiger partial charge in [0, 0.05) is 36.9 Å². The lowest BCUT2D eigenvalue weighted by atomic mass is 9.95. The Hall–Kier alpha value is -2.74. The summed E-state index contributed by atoms with van der Waals surface area (Å²) in [5.41, 5.74) is 4.26. The minimum absolute atomic E-state index is 0.147. The summed E-state index contributed by atoms with van der Waals surface area (Å²) < 4.78 is 18.0. The van der Waals surface area contributed by atoms with Crippen molar-refractivity contribution in [2.24, 2.45) is 7.05 Å². The molecule has 0 spiro atoms. The first kappa shape index (κ1) is 24.4. The second kappa shape index (κ2) is 10.3. The summed E-state index contributed by atoms with van der Waals surface area (Å²) in [6.07, 6.45) is 0.655. The number of amides is 1. The van der Waals surface area contributed by atoms with Gasteiger partial charge in [0.05, 0.1) is 41.7 Å². The second-order valence-electron chi connectivity index (χ2n) is 8.10. The summed E-state index contributed by atoms with van der Waals surface area (Å²) in [6.45, 7) is 3.44. The van der Waals surface area contributed by atoms with Crippen LogP contribution in [0.2, 0.25) is 10.0 Å². The van der Waals surface area contributed by atoms with Crippen molar-refractivity contribution in [2.45, 2.75) is 19.4 Å². The Balaban J connectivity index is 1.66. The monoisotopic (exact) mass is 503 g/mol. The third-order valence-corrected chi connectivity index (χ3v) is 6.63. The molecule has 0 unspecified atom stereocenters. The highest BCUT2D eigenvalue weighted by Crippen LogP contribution is 2.39. The van der Waals surface area contributed by atoms with Crippen LogP contribution in [0.1, 0.15) is 34.6 Å². The van der Waals surface area contributed by atoms with Crippen LogP contribution in [0.3, 0.4) is 0 Å². The molecule has 0 fully saturated rings.